The molecule has 1 aliphatic heterocycles. The number of nitrogens with zero attached hydrogens (tertiary/aromatic N) is 3. The number of rotatable bonds is 9. The van der Waals surface area contributed by atoms with Crippen LogP contribution in [0.4, 0.5) is 14.9 Å². The molecule has 1 aromatic heterocycles. The zero-order valence-corrected chi connectivity index (χ0v) is 22.8. The Morgan fingerprint density at radius 1 is 1.29 bits per heavy atom. The second kappa shape index (κ2) is 13.0. The van der Waals surface area contributed by atoms with Crippen molar-refractivity contribution in [3.05, 3.63) is 58.7 Å². The first-order valence-corrected chi connectivity index (χ1v) is 13.0. The predicted octanol–water partition coefficient (Wildman–Crippen LogP) is 5.42. The number of aromatic nitrogens is 2. The third-order valence-electron chi connectivity index (χ3n) is 7.27. The molecule has 3 aromatic rings. The molecule has 3 unspecified atom stereocenters. The number of halogens is 1. The lowest BCUT2D eigenvalue weighted by Crippen LogP contribution is -2.41. The maximum Gasteiger partial charge on any atom is 0.412 e. The van der Waals surface area contributed by atoms with Gasteiger partial charge in [0.1, 0.15) is 17.9 Å². The summed E-state index contributed by atoms with van der Waals surface area (Å²) >= 11 is 0. The smallest absolute Gasteiger partial charge is 0.412 e. The minimum Gasteiger partial charge on any atom is -0.465 e. The van der Waals surface area contributed by atoms with E-state index in [1.165, 1.54) is 11.0 Å². The van der Waals surface area contributed by atoms with Crippen LogP contribution in [-0.4, -0.2) is 59.0 Å². The quantitative estimate of drug-likeness (QED) is 0.360. The molecule has 4 rings (SSSR count). The number of anilines is 1. The fraction of sp³-hybridized carbons (Fsp3) is 0.483. The minimum absolute atomic E-state index is 0.00167. The van der Waals surface area contributed by atoms with Crippen LogP contribution in [0.1, 0.15) is 67.6 Å². The van der Waals surface area contributed by atoms with E-state index in [1.54, 1.807) is 26.2 Å². The molecule has 0 radical (unpaired) electrons. The molecule has 0 aliphatic carbocycles. The SMILES string of the molecule is CCCC(COC)n1c(CC(C=O)c2ccc(C)c(F)c2)nc2c3c(ccc21)N(C(=O)O)C(C)CC3.CO. The Labute approximate surface area is 223 Å². The Hall–Kier alpha value is -3.30. The van der Waals surface area contributed by atoms with Crippen molar-refractivity contribution in [3.8, 4) is 0 Å². The highest BCUT2D eigenvalue weighted by molar-refractivity contribution is 5.94. The van der Waals surface area contributed by atoms with Crippen molar-refractivity contribution in [2.75, 3.05) is 25.7 Å². The average molecular weight is 528 g/mol. The van der Waals surface area contributed by atoms with Gasteiger partial charge in [0.2, 0.25) is 0 Å². The molecule has 1 aliphatic rings. The first-order chi connectivity index (χ1) is 18.3. The van der Waals surface area contributed by atoms with Crippen molar-refractivity contribution < 1.29 is 28.9 Å². The number of carbonyl (C=O) groups excluding carboxylic acids is 1. The number of hydrogen-bond donors (Lipinski definition) is 2. The molecule has 3 atom stereocenters. The monoisotopic (exact) mass is 527 g/mol. The third-order valence-corrected chi connectivity index (χ3v) is 7.27. The molecule has 0 spiro atoms. The molecule has 206 valence electrons. The summed E-state index contributed by atoms with van der Waals surface area (Å²) in [4.78, 5) is 30.6. The minimum atomic E-state index is -0.979. The van der Waals surface area contributed by atoms with E-state index in [1.807, 2.05) is 19.1 Å². The third kappa shape index (κ3) is 5.73. The Morgan fingerprint density at radius 2 is 2.03 bits per heavy atom. The molecule has 9 heteroatoms. The number of aliphatic hydroxyl groups is 1. The second-order valence-electron chi connectivity index (χ2n) is 9.72. The number of aliphatic hydroxyl groups excluding tert-OH is 1. The van der Waals surface area contributed by atoms with Crippen molar-refractivity contribution >= 4 is 29.1 Å². The zero-order valence-electron chi connectivity index (χ0n) is 22.8. The average Bonchev–Trinajstić information content (AvgIpc) is 3.27. The summed E-state index contributed by atoms with van der Waals surface area (Å²) in [5.41, 5.74) is 4.37. The molecule has 0 saturated heterocycles. The lowest BCUT2D eigenvalue weighted by atomic mass is 9.95. The Bertz CT molecular complexity index is 1270. The van der Waals surface area contributed by atoms with Crippen molar-refractivity contribution in [3.63, 3.8) is 0 Å². The van der Waals surface area contributed by atoms with Gasteiger partial charge in [-0.25, -0.2) is 14.2 Å². The maximum absolute atomic E-state index is 14.3. The van der Waals surface area contributed by atoms with Gasteiger partial charge in [0.15, 0.2) is 0 Å². The van der Waals surface area contributed by atoms with Crippen molar-refractivity contribution in [2.45, 2.75) is 70.9 Å². The van der Waals surface area contributed by atoms with Crippen LogP contribution in [0.2, 0.25) is 0 Å². The highest BCUT2D eigenvalue weighted by Gasteiger charge is 2.32. The number of fused-ring (bicyclic) bond motifs is 3. The summed E-state index contributed by atoms with van der Waals surface area (Å²) < 4.78 is 22.0. The van der Waals surface area contributed by atoms with Gasteiger partial charge in [-0.2, -0.15) is 0 Å². The standard InChI is InChI=1S/C28H34FN3O4.CH4O/c1-5-6-21(16-36-4)32-25-12-11-24-22(10-8-18(3)31(24)28(34)35)27(25)30-26(32)14-20(15-33)19-9-7-17(2)23(29)13-19;1-2/h7,9,11-13,15,18,20-21H,5-6,8,10,14,16H2,1-4H3,(H,34,35);2H,1H3. The van der Waals surface area contributed by atoms with Gasteiger partial charge >= 0.3 is 6.09 Å². The van der Waals surface area contributed by atoms with E-state index in [0.717, 1.165) is 49.3 Å². The van der Waals surface area contributed by atoms with Gasteiger partial charge in [0.25, 0.3) is 0 Å². The Morgan fingerprint density at radius 3 is 2.63 bits per heavy atom. The number of ether oxygens (including phenoxy) is 1. The number of hydrogen-bond acceptors (Lipinski definition) is 5. The van der Waals surface area contributed by atoms with Crippen LogP contribution in [0.25, 0.3) is 11.0 Å². The molecule has 38 heavy (non-hydrogen) atoms. The molecular formula is C29H38FN3O5. The van der Waals surface area contributed by atoms with Crippen LogP contribution in [0.3, 0.4) is 0 Å². The lowest BCUT2D eigenvalue weighted by Gasteiger charge is -2.33. The predicted molar refractivity (Wildman–Crippen MR) is 146 cm³/mol. The molecule has 2 aromatic carbocycles. The van der Waals surface area contributed by atoms with Gasteiger partial charge in [-0.15, -0.1) is 0 Å². The van der Waals surface area contributed by atoms with E-state index in [9.17, 15) is 19.1 Å². The van der Waals surface area contributed by atoms with Crippen LogP contribution in [-0.2, 0) is 22.4 Å². The summed E-state index contributed by atoms with van der Waals surface area (Å²) in [5, 5.41) is 16.8. The first kappa shape index (κ1) is 29.3. The fourth-order valence-electron chi connectivity index (χ4n) is 5.38. The molecule has 0 saturated carbocycles. The number of aryl methyl sites for hydroxylation is 2. The molecular weight excluding hydrogens is 489 g/mol. The molecule has 1 amide bonds. The van der Waals surface area contributed by atoms with E-state index in [4.69, 9.17) is 14.8 Å². The number of methoxy groups -OCH3 is 1. The van der Waals surface area contributed by atoms with Crippen LogP contribution in [0, 0.1) is 12.7 Å². The van der Waals surface area contributed by atoms with Crippen molar-refractivity contribution in [1.82, 2.24) is 9.55 Å². The van der Waals surface area contributed by atoms with Gasteiger partial charge in [-0.3, -0.25) is 4.90 Å². The highest BCUT2D eigenvalue weighted by Crippen LogP contribution is 2.38. The summed E-state index contributed by atoms with van der Waals surface area (Å²) in [5.74, 6) is -0.188. The normalized spacial score (nSPS) is 16.4. The van der Waals surface area contributed by atoms with E-state index >= 15 is 0 Å². The molecule has 2 heterocycles. The Kier molecular flexibility index (Phi) is 9.99. The lowest BCUT2D eigenvalue weighted by molar-refractivity contribution is -0.109. The van der Waals surface area contributed by atoms with Gasteiger partial charge in [0.05, 0.1) is 29.4 Å². The van der Waals surface area contributed by atoms with E-state index in [0.29, 0.717) is 42.1 Å². The van der Waals surface area contributed by atoms with Gasteiger partial charge < -0.3 is 24.3 Å². The molecule has 8 nitrogen and oxygen atoms in total. The van der Waals surface area contributed by atoms with E-state index in [-0.39, 0.29) is 17.9 Å². The highest BCUT2D eigenvalue weighted by atomic mass is 19.1. The number of aldehydes is 1. The zero-order chi connectivity index (χ0) is 28.0. The van der Waals surface area contributed by atoms with E-state index in [2.05, 4.69) is 11.5 Å². The summed E-state index contributed by atoms with van der Waals surface area (Å²) in [6.07, 6.45) is 3.39. The number of carbonyl (C=O) groups is 2. The summed E-state index contributed by atoms with van der Waals surface area (Å²) in [6.45, 7) is 6.20. The van der Waals surface area contributed by atoms with Crippen molar-refractivity contribution in [2.24, 2.45) is 0 Å². The maximum atomic E-state index is 14.3. The molecule has 0 bridgehead atoms. The fourth-order valence-corrected chi connectivity index (χ4v) is 5.38. The summed E-state index contributed by atoms with van der Waals surface area (Å²) in [6, 6.07) is 8.58. The first-order valence-electron chi connectivity index (χ1n) is 13.0. The van der Waals surface area contributed by atoms with Gasteiger partial charge in [-0.05, 0) is 62.4 Å². The molecule has 2 N–H and O–H groups in total. The largest absolute Gasteiger partial charge is 0.465 e. The van der Waals surface area contributed by atoms with Crippen LogP contribution >= 0.6 is 0 Å². The van der Waals surface area contributed by atoms with E-state index < -0.39 is 12.0 Å². The van der Waals surface area contributed by atoms with Crippen molar-refractivity contribution in [1.29, 1.82) is 0 Å². The second-order valence-corrected chi connectivity index (χ2v) is 9.72. The van der Waals surface area contributed by atoms with Crippen LogP contribution < -0.4 is 4.90 Å². The number of benzene rings is 2. The Balaban J connectivity index is 0.00000195. The van der Waals surface area contributed by atoms with Gasteiger partial charge in [0, 0.05) is 38.2 Å². The van der Waals surface area contributed by atoms with Crippen LogP contribution in [0.5, 0.6) is 0 Å². The molecule has 0 fully saturated rings. The summed E-state index contributed by atoms with van der Waals surface area (Å²) in [7, 11) is 2.67. The van der Waals surface area contributed by atoms with Crippen LogP contribution in [0.15, 0.2) is 30.3 Å². The number of imidazole rings is 1. The van der Waals surface area contributed by atoms with Gasteiger partial charge in [-0.1, -0.05) is 25.5 Å². The number of carboxylic acid groups (broad SMARTS) is 1. The topological polar surface area (TPSA) is 105 Å². The number of amides is 1.